The molecule has 0 bridgehead atoms. The van der Waals surface area contributed by atoms with Crippen molar-refractivity contribution in [2.75, 3.05) is 14.2 Å². The highest BCUT2D eigenvalue weighted by Gasteiger charge is 2.35. The number of methoxy groups -OCH3 is 1. The summed E-state index contributed by atoms with van der Waals surface area (Å²) < 4.78 is 7.52. The number of aryl methyl sites for hydroxylation is 1. The lowest BCUT2D eigenvalue weighted by molar-refractivity contribution is 0.327. The van der Waals surface area contributed by atoms with Crippen molar-refractivity contribution in [3.05, 3.63) is 47.8 Å². The standard InChI is InChI=1S/C17H25N3O/c1-6-20-15(14(21-5)12-19-20)16(18-4)17(2,3)13-10-8-7-9-11-13/h7-12,16,18H,6H2,1-5H3. The Morgan fingerprint density at radius 2 is 1.95 bits per heavy atom. The zero-order chi connectivity index (χ0) is 15.5. The highest BCUT2D eigenvalue weighted by atomic mass is 16.5. The van der Waals surface area contributed by atoms with Crippen LogP contribution in [0.4, 0.5) is 0 Å². The van der Waals surface area contributed by atoms with Crippen LogP contribution in [-0.2, 0) is 12.0 Å². The SMILES string of the molecule is CCn1ncc(OC)c1C(NC)C(C)(C)c1ccccc1. The van der Waals surface area contributed by atoms with Crippen LogP contribution in [0.3, 0.4) is 0 Å². The number of aromatic nitrogens is 2. The second kappa shape index (κ2) is 6.31. The molecule has 2 rings (SSSR count). The number of ether oxygens (including phenoxy) is 1. The van der Waals surface area contributed by atoms with Crippen molar-refractivity contribution in [2.24, 2.45) is 0 Å². The van der Waals surface area contributed by atoms with E-state index in [4.69, 9.17) is 4.74 Å². The van der Waals surface area contributed by atoms with Gasteiger partial charge in [-0.15, -0.1) is 0 Å². The fraction of sp³-hybridized carbons (Fsp3) is 0.471. The molecule has 1 aromatic heterocycles. The number of hydrogen-bond acceptors (Lipinski definition) is 3. The van der Waals surface area contributed by atoms with E-state index in [9.17, 15) is 0 Å². The molecule has 0 spiro atoms. The number of benzene rings is 1. The summed E-state index contributed by atoms with van der Waals surface area (Å²) in [6, 6.07) is 10.7. The van der Waals surface area contributed by atoms with Crippen molar-refractivity contribution in [3.8, 4) is 5.75 Å². The van der Waals surface area contributed by atoms with Crippen molar-refractivity contribution in [1.82, 2.24) is 15.1 Å². The fourth-order valence-corrected chi connectivity index (χ4v) is 2.95. The molecule has 0 aliphatic heterocycles. The lowest BCUT2D eigenvalue weighted by Crippen LogP contribution is -2.37. The Bertz CT molecular complexity index is 553. The minimum Gasteiger partial charge on any atom is -0.493 e. The Morgan fingerprint density at radius 1 is 1.29 bits per heavy atom. The number of rotatable bonds is 6. The molecule has 1 heterocycles. The van der Waals surface area contributed by atoms with E-state index < -0.39 is 0 Å². The second-order valence-corrected chi connectivity index (χ2v) is 5.72. The van der Waals surface area contributed by atoms with Gasteiger partial charge < -0.3 is 10.1 Å². The van der Waals surface area contributed by atoms with Gasteiger partial charge in [0.25, 0.3) is 0 Å². The third-order valence-electron chi connectivity index (χ3n) is 4.17. The predicted octanol–water partition coefficient (Wildman–Crippen LogP) is 3.15. The van der Waals surface area contributed by atoms with Crippen LogP contribution in [0.15, 0.2) is 36.5 Å². The van der Waals surface area contributed by atoms with Gasteiger partial charge in [0.2, 0.25) is 0 Å². The van der Waals surface area contributed by atoms with Gasteiger partial charge in [-0.1, -0.05) is 44.2 Å². The summed E-state index contributed by atoms with van der Waals surface area (Å²) in [5, 5.41) is 7.88. The van der Waals surface area contributed by atoms with E-state index in [1.807, 2.05) is 17.8 Å². The molecule has 0 aliphatic rings. The van der Waals surface area contributed by atoms with Crippen LogP contribution in [0.25, 0.3) is 0 Å². The fourth-order valence-electron chi connectivity index (χ4n) is 2.95. The molecule has 21 heavy (non-hydrogen) atoms. The average molecular weight is 287 g/mol. The Labute approximate surface area is 127 Å². The summed E-state index contributed by atoms with van der Waals surface area (Å²) in [6.07, 6.45) is 1.80. The molecule has 4 heteroatoms. The van der Waals surface area contributed by atoms with E-state index in [2.05, 4.69) is 55.5 Å². The van der Waals surface area contributed by atoms with Gasteiger partial charge in [-0.05, 0) is 19.5 Å². The molecule has 1 atom stereocenters. The Kier molecular flexibility index (Phi) is 4.68. The zero-order valence-corrected chi connectivity index (χ0v) is 13.6. The molecule has 0 aliphatic carbocycles. The van der Waals surface area contributed by atoms with Gasteiger partial charge >= 0.3 is 0 Å². The molecule has 0 amide bonds. The van der Waals surface area contributed by atoms with Crippen LogP contribution < -0.4 is 10.1 Å². The van der Waals surface area contributed by atoms with E-state index in [-0.39, 0.29) is 11.5 Å². The highest BCUT2D eigenvalue weighted by molar-refractivity contribution is 5.35. The Hall–Kier alpha value is -1.81. The summed E-state index contributed by atoms with van der Waals surface area (Å²) >= 11 is 0. The number of likely N-dealkylation sites (N-methyl/N-ethyl adjacent to an activating group) is 1. The maximum absolute atomic E-state index is 5.52. The monoisotopic (exact) mass is 287 g/mol. The highest BCUT2D eigenvalue weighted by Crippen LogP contribution is 2.39. The number of nitrogens with zero attached hydrogens (tertiary/aromatic N) is 2. The minimum atomic E-state index is -0.0871. The van der Waals surface area contributed by atoms with Gasteiger partial charge in [0, 0.05) is 12.0 Å². The Morgan fingerprint density at radius 3 is 2.48 bits per heavy atom. The van der Waals surface area contributed by atoms with Gasteiger partial charge in [-0.2, -0.15) is 5.10 Å². The van der Waals surface area contributed by atoms with Gasteiger partial charge in [-0.3, -0.25) is 4.68 Å². The molecule has 114 valence electrons. The first kappa shape index (κ1) is 15.6. The lowest BCUT2D eigenvalue weighted by Gasteiger charge is -2.35. The normalized spacial score (nSPS) is 13.2. The molecule has 0 radical (unpaired) electrons. The van der Waals surface area contributed by atoms with E-state index in [1.54, 1.807) is 13.3 Å². The smallest absolute Gasteiger partial charge is 0.161 e. The first-order chi connectivity index (χ1) is 10.1. The van der Waals surface area contributed by atoms with Crippen LogP contribution >= 0.6 is 0 Å². The van der Waals surface area contributed by atoms with Gasteiger partial charge in [0.15, 0.2) is 5.75 Å². The molecule has 0 fully saturated rings. The number of nitrogens with one attached hydrogen (secondary N) is 1. The van der Waals surface area contributed by atoms with Crippen LogP contribution in [-0.4, -0.2) is 23.9 Å². The van der Waals surface area contributed by atoms with Crippen LogP contribution in [0, 0.1) is 0 Å². The molecule has 0 saturated carbocycles. The zero-order valence-electron chi connectivity index (χ0n) is 13.6. The summed E-state index contributed by atoms with van der Waals surface area (Å²) in [4.78, 5) is 0. The molecule has 1 aromatic carbocycles. The van der Waals surface area contributed by atoms with E-state index in [0.29, 0.717) is 0 Å². The quantitative estimate of drug-likeness (QED) is 0.887. The largest absolute Gasteiger partial charge is 0.493 e. The van der Waals surface area contributed by atoms with Crippen molar-refractivity contribution < 1.29 is 4.74 Å². The average Bonchev–Trinajstić information content (AvgIpc) is 2.91. The molecule has 1 N–H and O–H groups in total. The minimum absolute atomic E-state index is 0.0871. The summed E-state index contributed by atoms with van der Waals surface area (Å²) in [6.45, 7) is 7.41. The predicted molar refractivity (Wildman–Crippen MR) is 85.7 cm³/mol. The first-order valence-corrected chi connectivity index (χ1v) is 7.38. The summed E-state index contributed by atoms with van der Waals surface area (Å²) in [5.74, 6) is 0.834. The second-order valence-electron chi connectivity index (χ2n) is 5.72. The lowest BCUT2D eigenvalue weighted by atomic mass is 9.76. The molecule has 0 saturated heterocycles. The van der Waals surface area contributed by atoms with Crippen molar-refractivity contribution in [1.29, 1.82) is 0 Å². The first-order valence-electron chi connectivity index (χ1n) is 7.38. The maximum Gasteiger partial charge on any atom is 0.161 e. The van der Waals surface area contributed by atoms with Gasteiger partial charge in [0.1, 0.15) is 0 Å². The molecule has 2 aromatic rings. The van der Waals surface area contributed by atoms with E-state index >= 15 is 0 Å². The molecule has 4 nitrogen and oxygen atoms in total. The van der Waals surface area contributed by atoms with Crippen LogP contribution in [0.5, 0.6) is 5.75 Å². The topological polar surface area (TPSA) is 39.1 Å². The third-order valence-corrected chi connectivity index (χ3v) is 4.17. The van der Waals surface area contributed by atoms with Crippen LogP contribution in [0.1, 0.15) is 38.1 Å². The third kappa shape index (κ3) is 2.81. The van der Waals surface area contributed by atoms with Crippen molar-refractivity contribution >= 4 is 0 Å². The summed E-state index contributed by atoms with van der Waals surface area (Å²) in [5.41, 5.74) is 2.29. The molecular weight excluding hydrogens is 262 g/mol. The molecule has 1 unspecified atom stereocenters. The van der Waals surface area contributed by atoms with Gasteiger partial charge in [-0.25, -0.2) is 0 Å². The van der Waals surface area contributed by atoms with Crippen molar-refractivity contribution in [2.45, 2.75) is 38.8 Å². The van der Waals surface area contributed by atoms with Crippen LogP contribution in [0.2, 0.25) is 0 Å². The van der Waals surface area contributed by atoms with E-state index in [1.165, 1.54) is 5.56 Å². The number of hydrogen-bond donors (Lipinski definition) is 1. The maximum atomic E-state index is 5.52. The molecular formula is C17H25N3O. The summed E-state index contributed by atoms with van der Waals surface area (Å²) in [7, 11) is 3.69. The van der Waals surface area contributed by atoms with E-state index in [0.717, 1.165) is 18.0 Å². The Balaban J connectivity index is 2.51. The van der Waals surface area contributed by atoms with Crippen molar-refractivity contribution in [3.63, 3.8) is 0 Å². The van der Waals surface area contributed by atoms with Gasteiger partial charge in [0.05, 0.1) is 25.0 Å².